The van der Waals surface area contributed by atoms with Crippen LogP contribution in [0.1, 0.15) is 25.3 Å². The van der Waals surface area contributed by atoms with E-state index in [0.717, 1.165) is 38.0 Å². The fraction of sp³-hybridized carbons (Fsp3) is 0.538. The first-order valence-corrected chi connectivity index (χ1v) is 5.85. The molecule has 2 rings (SSSR count). The topological polar surface area (TPSA) is 23.5 Å². The summed E-state index contributed by atoms with van der Waals surface area (Å²) in [6.07, 6.45) is 1.46. The molecule has 1 N–H and O–H groups in total. The van der Waals surface area contributed by atoms with Gasteiger partial charge >= 0.3 is 0 Å². The summed E-state index contributed by atoms with van der Waals surface area (Å²) in [5, 5.41) is 10.5. The molecule has 1 fully saturated rings. The lowest BCUT2D eigenvalue weighted by Crippen LogP contribution is -2.42. The third-order valence-electron chi connectivity index (χ3n) is 3.51. The van der Waals surface area contributed by atoms with Crippen molar-refractivity contribution in [1.82, 2.24) is 4.90 Å². The van der Waals surface area contributed by atoms with Gasteiger partial charge in [0.05, 0.1) is 5.60 Å². The van der Waals surface area contributed by atoms with Crippen LogP contribution in [-0.2, 0) is 5.60 Å². The molecule has 1 saturated heterocycles. The first-order chi connectivity index (χ1) is 7.64. The molecule has 0 saturated carbocycles. The molecule has 1 heterocycles. The Morgan fingerprint density at radius 3 is 2.31 bits per heavy atom. The van der Waals surface area contributed by atoms with Gasteiger partial charge in [0.25, 0.3) is 0 Å². The van der Waals surface area contributed by atoms with E-state index in [0.29, 0.717) is 0 Å². The van der Waals surface area contributed by atoms with Crippen LogP contribution in [0.4, 0.5) is 4.39 Å². The number of aliphatic hydroxyl groups is 1. The number of piperidine rings is 1. The van der Waals surface area contributed by atoms with Crippen molar-refractivity contribution in [2.75, 3.05) is 19.6 Å². The molecule has 88 valence electrons. The van der Waals surface area contributed by atoms with E-state index >= 15 is 0 Å². The third kappa shape index (κ3) is 2.25. The number of benzene rings is 1. The minimum Gasteiger partial charge on any atom is -0.385 e. The first kappa shape index (κ1) is 11.6. The van der Waals surface area contributed by atoms with Crippen LogP contribution in [0.2, 0.25) is 0 Å². The summed E-state index contributed by atoms with van der Waals surface area (Å²) in [5.41, 5.74) is 0.0731. The van der Waals surface area contributed by atoms with E-state index in [9.17, 15) is 9.50 Å². The molecule has 1 aliphatic rings. The van der Waals surface area contributed by atoms with E-state index in [2.05, 4.69) is 11.8 Å². The molecule has 16 heavy (non-hydrogen) atoms. The molecule has 0 aliphatic carbocycles. The Balaban J connectivity index is 2.11. The molecule has 0 aromatic heterocycles. The Hall–Kier alpha value is -0.930. The molecule has 1 aromatic rings. The Kier molecular flexibility index (Phi) is 3.26. The predicted octanol–water partition coefficient (Wildman–Crippen LogP) is 2.13. The van der Waals surface area contributed by atoms with Gasteiger partial charge in [-0.3, -0.25) is 0 Å². The zero-order chi connectivity index (χ0) is 11.6. The van der Waals surface area contributed by atoms with E-state index < -0.39 is 5.60 Å². The summed E-state index contributed by atoms with van der Waals surface area (Å²) < 4.78 is 12.8. The van der Waals surface area contributed by atoms with Crippen molar-refractivity contribution in [3.63, 3.8) is 0 Å². The van der Waals surface area contributed by atoms with Crippen molar-refractivity contribution in [2.45, 2.75) is 25.4 Å². The number of hydrogen-bond acceptors (Lipinski definition) is 2. The molecule has 1 aliphatic heterocycles. The maximum atomic E-state index is 12.8. The highest BCUT2D eigenvalue weighted by atomic mass is 19.1. The summed E-state index contributed by atoms with van der Waals surface area (Å²) in [6.45, 7) is 4.97. The van der Waals surface area contributed by atoms with Crippen LogP contribution in [0.25, 0.3) is 0 Å². The highest BCUT2D eigenvalue weighted by Gasteiger charge is 2.33. The maximum absolute atomic E-state index is 12.8. The van der Waals surface area contributed by atoms with Crippen LogP contribution >= 0.6 is 0 Å². The second-order valence-electron chi connectivity index (χ2n) is 4.47. The molecule has 3 heteroatoms. The molecule has 2 nitrogen and oxygen atoms in total. The molecule has 0 atom stereocenters. The van der Waals surface area contributed by atoms with Crippen molar-refractivity contribution in [3.05, 3.63) is 35.6 Å². The number of hydrogen-bond donors (Lipinski definition) is 1. The lowest BCUT2D eigenvalue weighted by atomic mass is 9.84. The quantitative estimate of drug-likeness (QED) is 0.830. The third-order valence-corrected chi connectivity index (χ3v) is 3.51. The number of likely N-dealkylation sites (tertiary alicyclic amines) is 1. The standard InChI is InChI=1S/C13H18FNO/c1-2-15-9-7-13(16,8-10-15)11-3-5-12(14)6-4-11/h3-6,16H,2,7-10H2,1H3. The Morgan fingerprint density at radius 2 is 1.81 bits per heavy atom. The lowest BCUT2D eigenvalue weighted by molar-refractivity contribution is -0.0247. The molecule has 0 amide bonds. The zero-order valence-electron chi connectivity index (χ0n) is 9.62. The van der Waals surface area contributed by atoms with Gasteiger partial charge in [-0.2, -0.15) is 0 Å². The zero-order valence-corrected chi connectivity index (χ0v) is 9.62. The molecule has 0 unspecified atom stereocenters. The van der Waals surface area contributed by atoms with Crippen LogP contribution in [0.5, 0.6) is 0 Å². The van der Waals surface area contributed by atoms with Gasteiger partial charge in [0, 0.05) is 13.1 Å². The van der Waals surface area contributed by atoms with Crippen LogP contribution in [0.3, 0.4) is 0 Å². The van der Waals surface area contributed by atoms with Gasteiger partial charge in [0.15, 0.2) is 0 Å². The van der Waals surface area contributed by atoms with E-state index in [1.54, 1.807) is 12.1 Å². The van der Waals surface area contributed by atoms with Gasteiger partial charge in [-0.25, -0.2) is 4.39 Å². The van der Waals surface area contributed by atoms with E-state index in [4.69, 9.17) is 0 Å². The van der Waals surface area contributed by atoms with Crippen LogP contribution in [0.15, 0.2) is 24.3 Å². The van der Waals surface area contributed by atoms with Crippen molar-refractivity contribution >= 4 is 0 Å². The van der Waals surface area contributed by atoms with Crippen LogP contribution in [-0.4, -0.2) is 29.6 Å². The number of nitrogens with zero attached hydrogens (tertiary/aromatic N) is 1. The smallest absolute Gasteiger partial charge is 0.123 e. The minimum absolute atomic E-state index is 0.252. The highest BCUT2D eigenvalue weighted by molar-refractivity contribution is 5.23. The Bertz CT molecular complexity index is 341. The second-order valence-corrected chi connectivity index (χ2v) is 4.47. The number of halogens is 1. The van der Waals surface area contributed by atoms with Gasteiger partial charge in [-0.15, -0.1) is 0 Å². The monoisotopic (exact) mass is 223 g/mol. The van der Waals surface area contributed by atoms with Gasteiger partial charge < -0.3 is 10.0 Å². The lowest BCUT2D eigenvalue weighted by Gasteiger charge is -2.38. The van der Waals surface area contributed by atoms with Gasteiger partial charge in [-0.05, 0) is 37.1 Å². The van der Waals surface area contributed by atoms with Gasteiger partial charge in [-0.1, -0.05) is 19.1 Å². The average Bonchev–Trinajstić information content (AvgIpc) is 2.31. The predicted molar refractivity (Wildman–Crippen MR) is 61.6 cm³/mol. The van der Waals surface area contributed by atoms with Crippen molar-refractivity contribution < 1.29 is 9.50 Å². The second kappa shape index (κ2) is 4.52. The summed E-state index contributed by atoms with van der Waals surface area (Å²) >= 11 is 0. The normalized spacial score (nSPS) is 20.9. The van der Waals surface area contributed by atoms with Crippen molar-refractivity contribution in [3.8, 4) is 0 Å². The fourth-order valence-corrected chi connectivity index (χ4v) is 2.29. The fourth-order valence-electron chi connectivity index (χ4n) is 2.29. The van der Waals surface area contributed by atoms with Crippen molar-refractivity contribution in [2.24, 2.45) is 0 Å². The van der Waals surface area contributed by atoms with E-state index in [1.807, 2.05) is 0 Å². The van der Waals surface area contributed by atoms with Crippen LogP contribution in [0, 0.1) is 5.82 Å². The van der Waals surface area contributed by atoms with Gasteiger partial charge in [0.1, 0.15) is 5.82 Å². The average molecular weight is 223 g/mol. The Labute approximate surface area is 95.7 Å². The molecule has 1 aromatic carbocycles. The summed E-state index contributed by atoms with van der Waals surface area (Å²) in [6, 6.07) is 6.22. The number of rotatable bonds is 2. The largest absolute Gasteiger partial charge is 0.385 e. The van der Waals surface area contributed by atoms with Gasteiger partial charge in [0.2, 0.25) is 0 Å². The first-order valence-electron chi connectivity index (χ1n) is 5.85. The van der Waals surface area contributed by atoms with E-state index in [1.165, 1.54) is 12.1 Å². The summed E-state index contributed by atoms with van der Waals surface area (Å²) in [4.78, 5) is 2.32. The minimum atomic E-state index is -0.765. The molecule has 0 radical (unpaired) electrons. The van der Waals surface area contributed by atoms with Crippen molar-refractivity contribution in [1.29, 1.82) is 0 Å². The molecule has 0 bridgehead atoms. The summed E-state index contributed by atoms with van der Waals surface area (Å²) in [5.74, 6) is -0.252. The van der Waals surface area contributed by atoms with Crippen LogP contribution < -0.4 is 0 Å². The van der Waals surface area contributed by atoms with E-state index in [-0.39, 0.29) is 5.82 Å². The highest BCUT2D eigenvalue weighted by Crippen LogP contribution is 2.32. The molecule has 0 spiro atoms. The summed E-state index contributed by atoms with van der Waals surface area (Å²) in [7, 11) is 0. The maximum Gasteiger partial charge on any atom is 0.123 e. The molecular formula is C13H18FNO. The SMILES string of the molecule is CCN1CCC(O)(c2ccc(F)cc2)CC1. The Morgan fingerprint density at radius 1 is 1.25 bits per heavy atom. The molecular weight excluding hydrogens is 205 g/mol.